The Balaban J connectivity index is 1.95. The number of carbonyl (C=O) groups is 1. The van der Waals surface area contributed by atoms with Crippen LogP contribution < -0.4 is 4.90 Å². The Kier molecular flexibility index (Phi) is 4.79. The lowest BCUT2D eigenvalue weighted by atomic mass is 9.84. The smallest absolute Gasteiger partial charge is 0.310 e. The molecule has 0 saturated heterocycles. The van der Waals surface area contributed by atoms with Crippen molar-refractivity contribution in [3.8, 4) is 0 Å². The topological polar surface area (TPSA) is 40.5 Å². The molecule has 0 aliphatic carbocycles. The van der Waals surface area contributed by atoms with Crippen LogP contribution in [0.4, 0.5) is 5.69 Å². The van der Waals surface area contributed by atoms with Gasteiger partial charge in [-0.1, -0.05) is 35.9 Å². The number of aryl methyl sites for hydroxylation is 1. The molecule has 3 rings (SSSR count). The molecule has 2 aromatic rings. The minimum Gasteiger partial charge on any atom is -0.481 e. The van der Waals surface area contributed by atoms with Gasteiger partial charge in [0, 0.05) is 22.8 Å². The van der Waals surface area contributed by atoms with Crippen molar-refractivity contribution in [3.63, 3.8) is 0 Å². The third-order valence-corrected chi connectivity index (χ3v) is 5.51. The number of nitrogens with zero attached hydrogens (tertiary/aromatic N) is 1. The van der Waals surface area contributed by atoms with Gasteiger partial charge in [0.15, 0.2) is 0 Å². The van der Waals surface area contributed by atoms with Crippen LogP contribution in [0.25, 0.3) is 0 Å². The van der Waals surface area contributed by atoms with Crippen LogP contribution in [-0.2, 0) is 17.8 Å². The molecule has 0 saturated carbocycles. The average molecular weight is 358 g/mol. The van der Waals surface area contributed by atoms with Gasteiger partial charge in [0.25, 0.3) is 0 Å². The zero-order chi connectivity index (χ0) is 18.2. The molecular weight excluding hydrogens is 334 g/mol. The van der Waals surface area contributed by atoms with E-state index in [0.29, 0.717) is 0 Å². The van der Waals surface area contributed by atoms with E-state index in [1.54, 1.807) is 6.92 Å². The lowest BCUT2D eigenvalue weighted by molar-refractivity contribution is -0.138. The third kappa shape index (κ3) is 3.67. The van der Waals surface area contributed by atoms with Crippen LogP contribution in [0.1, 0.15) is 49.8 Å². The van der Waals surface area contributed by atoms with E-state index in [9.17, 15) is 9.90 Å². The first-order valence-corrected chi connectivity index (χ1v) is 9.03. The summed E-state index contributed by atoms with van der Waals surface area (Å²) >= 11 is 6.00. The van der Waals surface area contributed by atoms with Crippen LogP contribution in [0, 0.1) is 0 Å². The maximum atomic E-state index is 11.3. The van der Waals surface area contributed by atoms with Crippen molar-refractivity contribution in [2.75, 3.05) is 4.90 Å². The Hall–Kier alpha value is -2.00. The van der Waals surface area contributed by atoms with Crippen molar-refractivity contribution >= 4 is 23.3 Å². The monoisotopic (exact) mass is 357 g/mol. The molecule has 1 N–H and O–H groups in total. The summed E-state index contributed by atoms with van der Waals surface area (Å²) in [7, 11) is 0. The summed E-state index contributed by atoms with van der Waals surface area (Å²) in [6.45, 7) is 7.08. The maximum absolute atomic E-state index is 11.3. The van der Waals surface area contributed by atoms with Gasteiger partial charge in [-0.3, -0.25) is 4.79 Å². The molecule has 0 radical (unpaired) electrons. The number of rotatable bonds is 4. The standard InChI is InChI=1S/C21H24ClNO2/c1-14(20(24)25)16-6-9-19-17(12-16)10-11-21(2,3)23(19)13-15-4-7-18(22)8-5-15/h4-9,12,14H,10-11,13H2,1-3H3,(H,24,25). The first-order chi connectivity index (χ1) is 11.8. The van der Waals surface area contributed by atoms with E-state index in [-0.39, 0.29) is 5.54 Å². The summed E-state index contributed by atoms with van der Waals surface area (Å²) in [6, 6.07) is 14.1. The fourth-order valence-corrected chi connectivity index (χ4v) is 3.58. The van der Waals surface area contributed by atoms with Gasteiger partial charge in [-0.2, -0.15) is 0 Å². The Morgan fingerprint density at radius 2 is 1.92 bits per heavy atom. The summed E-state index contributed by atoms with van der Waals surface area (Å²) in [5.41, 5.74) is 4.57. The summed E-state index contributed by atoms with van der Waals surface area (Å²) in [4.78, 5) is 13.7. The molecule has 0 bridgehead atoms. The molecule has 1 aliphatic heterocycles. The van der Waals surface area contributed by atoms with Crippen LogP contribution in [0.2, 0.25) is 5.02 Å². The predicted octanol–water partition coefficient (Wildman–Crippen LogP) is 5.26. The van der Waals surface area contributed by atoms with Crippen LogP contribution >= 0.6 is 11.6 Å². The van der Waals surface area contributed by atoms with E-state index in [1.165, 1.54) is 16.8 Å². The van der Waals surface area contributed by atoms with Crippen molar-refractivity contribution in [1.82, 2.24) is 0 Å². The van der Waals surface area contributed by atoms with E-state index in [2.05, 4.69) is 43.0 Å². The van der Waals surface area contributed by atoms with Crippen molar-refractivity contribution < 1.29 is 9.90 Å². The molecule has 1 aliphatic rings. The predicted molar refractivity (Wildman–Crippen MR) is 103 cm³/mol. The Morgan fingerprint density at radius 1 is 1.24 bits per heavy atom. The SMILES string of the molecule is CC(C(=O)O)c1ccc2c(c1)CCC(C)(C)N2Cc1ccc(Cl)cc1. The van der Waals surface area contributed by atoms with Gasteiger partial charge < -0.3 is 10.0 Å². The molecule has 4 heteroatoms. The van der Waals surface area contributed by atoms with Crippen molar-refractivity contribution in [1.29, 1.82) is 0 Å². The molecule has 1 unspecified atom stereocenters. The Bertz CT molecular complexity index is 783. The summed E-state index contributed by atoms with van der Waals surface area (Å²) in [5.74, 6) is -1.26. The van der Waals surface area contributed by atoms with E-state index in [0.717, 1.165) is 30.0 Å². The van der Waals surface area contributed by atoms with Gasteiger partial charge in [0.2, 0.25) is 0 Å². The van der Waals surface area contributed by atoms with Crippen LogP contribution in [0.3, 0.4) is 0 Å². The zero-order valence-electron chi connectivity index (χ0n) is 14.9. The van der Waals surface area contributed by atoms with E-state index in [1.807, 2.05) is 18.2 Å². The zero-order valence-corrected chi connectivity index (χ0v) is 15.7. The van der Waals surface area contributed by atoms with Crippen molar-refractivity contribution in [2.45, 2.75) is 51.6 Å². The highest BCUT2D eigenvalue weighted by Gasteiger charge is 2.33. The van der Waals surface area contributed by atoms with Gasteiger partial charge in [-0.05, 0) is 68.5 Å². The summed E-state index contributed by atoms with van der Waals surface area (Å²) < 4.78 is 0. The molecule has 3 nitrogen and oxygen atoms in total. The highest BCUT2D eigenvalue weighted by atomic mass is 35.5. The molecule has 25 heavy (non-hydrogen) atoms. The number of fused-ring (bicyclic) bond motifs is 1. The molecule has 0 fully saturated rings. The quantitative estimate of drug-likeness (QED) is 0.811. The molecule has 2 aromatic carbocycles. The molecule has 132 valence electrons. The maximum Gasteiger partial charge on any atom is 0.310 e. The minimum absolute atomic E-state index is 0.0482. The van der Waals surface area contributed by atoms with Gasteiger partial charge in [0.05, 0.1) is 5.92 Å². The van der Waals surface area contributed by atoms with Gasteiger partial charge in [-0.25, -0.2) is 0 Å². The van der Waals surface area contributed by atoms with Crippen LogP contribution in [0.15, 0.2) is 42.5 Å². The molecule has 0 spiro atoms. The van der Waals surface area contributed by atoms with Gasteiger partial charge in [-0.15, -0.1) is 0 Å². The molecule has 1 heterocycles. The Labute approximate surface area is 154 Å². The molecule has 0 amide bonds. The molecule has 1 atom stereocenters. The highest BCUT2D eigenvalue weighted by molar-refractivity contribution is 6.30. The minimum atomic E-state index is -0.783. The fraction of sp³-hybridized carbons (Fsp3) is 0.381. The number of carboxylic acid groups (broad SMARTS) is 1. The van der Waals surface area contributed by atoms with E-state index >= 15 is 0 Å². The summed E-state index contributed by atoms with van der Waals surface area (Å²) in [6.07, 6.45) is 2.01. The van der Waals surface area contributed by atoms with E-state index in [4.69, 9.17) is 11.6 Å². The number of anilines is 1. The fourth-order valence-electron chi connectivity index (χ4n) is 3.45. The van der Waals surface area contributed by atoms with Crippen molar-refractivity contribution in [3.05, 3.63) is 64.2 Å². The summed E-state index contributed by atoms with van der Waals surface area (Å²) in [5, 5.41) is 10.0. The van der Waals surface area contributed by atoms with Gasteiger partial charge in [0.1, 0.15) is 0 Å². The largest absolute Gasteiger partial charge is 0.481 e. The second-order valence-corrected chi connectivity index (χ2v) is 7.91. The molecule has 0 aromatic heterocycles. The number of halogens is 1. The Morgan fingerprint density at radius 3 is 2.56 bits per heavy atom. The normalized spacial score (nSPS) is 17.0. The first-order valence-electron chi connectivity index (χ1n) is 8.65. The van der Waals surface area contributed by atoms with Crippen molar-refractivity contribution in [2.24, 2.45) is 0 Å². The lowest BCUT2D eigenvalue weighted by Gasteiger charge is -2.45. The second kappa shape index (κ2) is 6.72. The number of hydrogen-bond acceptors (Lipinski definition) is 2. The molecular formula is C21H24ClNO2. The number of aliphatic carboxylic acids is 1. The third-order valence-electron chi connectivity index (χ3n) is 5.26. The van der Waals surface area contributed by atoms with Crippen LogP contribution in [0.5, 0.6) is 0 Å². The number of benzene rings is 2. The lowest BCUT2D eigenvalue weighted by Crippen LogP contribution is -2.47. The van der Waals surface area contributed by atoms with Gasteiger partial charge >= 0.3 is 5.97 Å². The average Bonchev–Trinajstić information content (AvgIpc) is 2.58. The number of carboxylic acids is 1. The van der Waals surface area contributed by atoms with E-state index < -0.39 is 11.9 Å². The van der Waals surface area contributed by atoms with Crippen LogP contribution in [-0.4, -0.2) is 16.6 Å². The number of hydrogen-bond donors (Lipinski definition) is 1. The highest BCUT2D eigenvalue weighted by Crippen LogP contribution is 2.39. The second-order valence-electron chi connectivity index (χ2n) is 7.47. The first kappa shape index (κ1) is 17.8.